The molecule has 0 amide bonds. The fourth-order valence-corrected chi connectivity index (χ4v) is 4.62. The molecule has 0 unspecified atom stereocenters. The van der Waals surface area contributed by atoms with E-state index in [1.54, 1.807) is 32.4 Å². The number of non-ortho nitro benzene ring substituents is 1. The maximum absolute atomic E-state index is 12.6. The normalized spacial score (nSPS) is 17.9. The molecule has 1 spiro atoms. The summed E-state index contributed by atoms with van der Waals surface area (Å²) in [6.45, 7) is 3.03. The molecule has 0 aromatic heterocycles. The van der Waals surface area contributed by atoms with Crippen molar-refractivity contribution in [3.63, 3.8) is 0 Å². The monoisotopic (exact) mass is 425 g/mol. The fraction of sp³-hybridized carbons (Fsp3) is 0.435. The molecule has 2 aromatic carbocycles. The molecular weight excluding hydrogens is 398 g/mol. The largest absolute Gasteiger partial charge is 0.493 e. The van der Waals surface area contributed by atoms with E-state index in [0.29, 0.717) is 18.0 Å². The highest BCUT2D eigenvalue weighted by atomic mass is 16.6. The summed E-state index contributed by atoms with van der Waals surface area (Å²) in [7, 11) is 3.19. The zero-order valence-corrected chi connectivity index (χ0v) is 17.8. The Hall–Kier alpha value is -2.97. The first-order valence-corrected chi connectivity index (χ1v) is 10.5. The molecule has 0 atom stereocenters. The van der Waals surface area contributed by atoms with Crippen LogP contribution in [0.25, 0.3) is 0 Å². The van der Waals surface area contributed by atoms with E-state index in [4.69, 9.17) is 9.47 Å². The number of piperidine rings is 1. The zero-order valence-electron chi connectivity index (χ0n) is 17.8. The lowest BCUT2D eigenvalue weighted by atomic mass is 9.75. The number of nitrogens with zero attached hydrogens (tertiary/aromatic N) is 2. The molecule has 0 aliphatic carbocycles. The summed E-state index contributed by atoms with van der Waals surface area (Å²) in [4.78, 5) is 25.4. The lowest BCUT2D eigenvalue weighted by Gasteiger charge is -2.45. The van der Waals surface area contributed by atoms with Gasteiger partial charge >= 0.3 is 0 Å². The van der Waals surface area contributed by atoms with Crippen molar-refractivity contribution in [1.29, 1.82) is 0 Å². The molecule has 2 aromatic rings. The first-order chi connectivity index (χ1) is 15.0. The number of fused-ring (bicyclic) bond motifs is 2. The van der Waals surface area contributed by atoms with E-state index in [1.807, 2.05) is 18.2 Å². The van der Waals surface area contributed by atoms with Crippen LogP contribution in [0.2, 0.25) is 0 Å². The van der Waals surface area contributed by atoms with Crippen LogP contribution in [0.4, 0.5) is 5.69 Å². The van der Waals surface area contributed by atoms with Crippen LogP contribution in [0.1, 0.15) is 34.3 Å². The number of Topliss-reactive ketones (excluding diaryl/α,β-unsaturated/α-hetero) is 1. The third-order valence-corrected chi connectivity index (χ3v) is 6.50. The Kier molecular flexibility index (Phi) is 5.93. The van der Waals surface area contributed by atoms with Crippen LogP contribution in [0, 0.1) is 10.1 Å². The molecule has 4 rings (SSSR count). The van der Waals surface area contributed by atoms with Crippen molar-refractivity contribution < 1.29 is 19.2 Å². The second-order valence-electron chi connectivity index (χ2n) is 8.13. The third-order valence-electron chi connectivity index (χ3n) is 6.50. The number of ether oxygens (including phenoxy) is 2. The summed E-state index contributed by atoms with van der Waals surface area (Å²) >= 11 is 0. The Balaban J connectivity index is 1.45. The number of carbonyl (C=O) groups is 1. The molecule has 164 valence electrons. The van der Waals surface area contributed by atoms with Gasteiger partial charge < -0.3 is 19.7 Å². The zero-order chi connectivity index (χ0) is 22.0. The van der Waals surface area contributed by atoms with Gasteiger partial charge in [0.05, 0.1) is 25.7 Å². The second kappa shape index (κ2) is 8.64. The summed E-state index contributed by atoms with van der Waals surface area (Å²) < 4.78 is 10.9. The van der Waals surface area contributed by atoms with Crippen molar-refractivity contribution >= 4 is 11.5 Å². The number of hydrogen-bond acceptors (Lipinski definition) is 7. The summed E-state index contributed by atoms with van der Waals surface area (Å²) in [5.41, 5.74) is 2.68. The van der Waals surface area contributed by atoms with E-state index in [-0.39, 0.29) is 21.9 Å². The Labute approximate surface area is 181 Å². The van der Waals surface area contributed by atoms with Crippen molar-refractivity contribution in [1.82, 2.24) is 10.2 Å². The number of hydrogen-bond donors (Lipinski definition) is 1. The van der Waals surface area contributed by atoms with Gasteiger partial charge in [0.2, 0.25) is 0 Å². The minimum Gasteiger partial charge on any atom is -0.493 e. The maximum atomic E-state index is 12.6. The SMILES string of the molecule is COc1cc2c(cc1OC)C1(CCN(CCc3ccc([N+](=O)[O-])cc3)CC1)NCC2=O. The molecule has 2 aliphatic heterocycles. The highest BCUT2D eigenvalue weighted by molar-refractivity contribution is 6.01. The van der Waals surface area contributed by atoms with Gasteiger partial charge in [0.15, 0.2) is 17.3 Å². The van der Waals surface area contributed by atoms with E-state index in [0.717, 1.165) is 55.6 Å². The molecule has 1 fully saturated rings. The van der Waals surface area contributed by atoms with Gasteiger partial charge in [0.25, 0.3) is 5.69 Å². The Morgan fingerprint density at radius 2 is 1.74 bits per heavy atom. The summed E-state index contributed by atoms with van der Waals surface area (Å²) in [5.74, 6) is 1.28. The van der Waals surface area contributed by atoms with Crippen molar-refractivity contribution in [2.75, 3.05) is 40.4 Å². The third kappa shape index (κ3) is 4.13. The summed E-state index contributed by atoms with van der Waals surface area (Å²) in [6.07, 6.45) is 2.63. The first kappa shape index (κ1) is 21.3. The molecule has 0 bridgehead atoms. The lowest BCUT2D eigenvalue weighted by molar-refractivity contribution is -0.384. The number of nitro benzene ring substituents is 1. The average molecular weight is 425 g/mol. The van der Waals surface area contributed by atoms with Crippen LogP contribution in [-0.4, -0.2) is 56.0 Å². The maximum Gasteiger partial charge on any atom is 0.269 e. The van der Waals surface area contributed by atoms with Crippen LogP contribution in [0.15, 0.2) is 36.4 Å². The highest BCUT2D eigenvalue weighted by Gasteiger charge is 2.42. The van der Waals surface area contributed by atoms with Crippen LogP contribution in [-0.2, 0) is 12.0 Å². The van der Waals surface area contributed by atoms with Gasteiger partial charge in [-0.2, -0.15) is 0 Å². The Morgan fingerprint density at radius 1 is 1.10 bits per heavy atom. The molecule has 2 heterocycles. The quantitative estimate of drug-likeness (QED) is 0.562. The first-order valence-electron chi connectivity index (χ1n) is 10.5. The minimum atomic E-state index is -0.377. The van der Waals surface area contributed by atoms with Crippen molar-refractivity contribution in [3.05, 3.63) is 63.2 Å². The predicted octanol–water partition coefficient (Wildman–Crippen LogP) is 2.93. The molecule has 1 N–H and O–H groups in total. The number of rotatable bonds is 6. The number of benzene rings is 2. The van der Waals surface area contributed by atoms with E-state index >= 15 is 0 Å². The number of ketones is 1. The van der Waals surface area contributed by atoms with Gasteiger partial charge in [-0.1, -0.05) is 12.1 Å². The summed E-state index contributed by atoms with van der Waals surface area (Å²) in [6, 6.07) is 10.5. The topological polar surface area (TPSA) is 93.9 Å². The van der Waals surface area contributed by atoms with Gasteiger partial charge in [-0.25, -0.2) is 0 Å². The van der Waals surface area contributed by atoms with Gasteiger partial charge in [-0.15, -0.1) is 0 Å². The number of carbonyl (C=O) groups excluding carboxylic acids is 1. The van der Waals surface area contributed by atoms with E-state index in [9.17, 15) is 14.9 Å². The van der Waals surface area contributed by atoms with Crippen molar-refractivity contribution in [3.8, 4) is 11.5 Å². The molecule has 1 saturated heterocycles. The number of methoxy groups -OCH3 is 2. The smallest absolute Gasteiger partial charge is 0.269 e. The van der Waals surface area contributed by atoms with Crippen LogP contribution in [0.3, 0.4) is 0 Å². The predicted molar refractivity (Wildman–Crippen MR) is 116 cm³/mol. The molecule has 8 heteroatoms. The van der Waals surface area contributed by atoms with Crippen molar-refractivity contribution in [2.45, 2.75) is 24.8 Å². The molecule has 8 nitrogen and oxygen atoms in total. The van der Waals surface area contributed by atoms with Crippen LogP contribution < -0.4 is 14.8 Å². The van der Waals surface area contributed by atoms with Gasteiger partial charge in [-0.3, -0.25) is 14.9 Å². The molecule has 0 radical (unpaired) electrons. The number of nitro groups is 1. The minimum absolute atomic E-state index is 0.0715. The summed E-state index contributed by atoms with van der Waals surface area (Å²) in [5, 5.41) is 14.3. The lowest BCUT2D eigenvalue weighted by Crippen LogP contribution is -2.55. The van der Waals surface area contributed by atoms with Gasteiger partial charge in [-0.05, 0) is 42.5 Å². The molecule has 0 saturated carbocycles. The Morgan fingerprint density at radius 3 is 2.35 bits per heavy atom. The van der Waals surface area contributed by atoms with E-state index in [2.05, 4.69) is 10.2 Å². The molecular formula is C23H27N3O5. The molecule has 2 aliphatic rings. The van der Waals surface area contributed by atoms with Crippen molar-refractivity contribution in [2.24, 2.45) is 0 Å². The van der Waals surface area contributed by atoms with E-state index in [1.165, 1.54) is 0 Å². The van der Waals surface area contributed by atoms with E-state index < -0.39 is 0 Å². The standard InChI is InChI=1S/C23H27N3O5/c1-30-21-13-18-19(14-22(21)31-2)23(24-15-20(18)27)8-11-25(12-9-23)10-7-16-3-5-17(6-4-16)26(28)29/h3-6,13-14,24H,7-12,15H2,1-2H3. The average Bonchev–Trinajstić information content (AvgIpc) is 2.80. The second-order valence-corrected chi connectivity index (χ2v) is 8.13. The fourth-order valence-electron chi connectivity index (χ4n) is 4.62. The van der Waals surface area contributed by atoms with Crippen LogP contribution in [0.5, 0.6) is 11.5 Å². The van der Waals surface area contributed by atoms with Crippen LogP contribution >= 0.6 is 0 Å². The number of likely N-dealkylation sites (tertiary alicyclic amines) is 1. The molecule has 31 heavy (non-hydrogen) atoms. The Bertz CT molecular complexity index is 981. The van der Waals surface area contributed by atoms with Gasteiger partial charge in [0, 0.05) is 42.9 Å². The highest BCUT2D eigenvalue weighted by Crippen LogP contribution is 2.42. The number of nitrogens with one attached hydrogen (secondary N) is 1. The van der Waals surface area contributed by atoms with Gasteiger partial charge in [0.1, 0.15) is 0 Å².